The highest BCUT2D eigenvalue weighted by atomic mass is 16.5. The molecule has 3 aliphatic heterocycles. The number of unbranched alkanes of at least 4 members (excludes halogenated alkanes) is 1. The molecule has 1 aromatic heterocycles. The summed E-state index contributed by atoms with van der Waals surface area (Å²) in [6.07, 6.45) is 7.17. The summed E-state index contributed by atoms with van der Waals surface area (Å²) >= 11 is 0. The number of carboxylic acids is 1. The van der Waals surface area contributed by atoms with Crippen molar-refractivity contribution in [3.8, 4) is 0 Å². The molecule has 2 fully saturated rings. The van der Waals surface area contributed by atoms with Gasteiger partial charge in [-0.1, -0.05) is 29.8 Å². The number of nitrogens with zero attached hydrogens (tertiary/aromatic N) is 2. The summed E-state index contributed by atoms with van der Waals surface area (Å²) in [6.45, 7) is 6.56. The first-order chi connectivity index (χ1) is 17.6. The summed E-state index contributed by atoms with van der Waals surface area (Å²) in [7, 11) is 0. The number of likely N-dealkylation sites (tertiary alicyclic amines) is 1. The molecule has 194 valence electrons. The number of aliphatic carboxylic acids is 1. The van der Waals surface area contributed by atoms with E-state index >= 15 is 0 Å². The van der Waals surface area contributed by atoms with E-state index in [0.29, 0.717) is 19.8 Å². The van der Waals surface area contributed by atoms with Gasteiger partial charge in [-0.2, -0.15) is 0 Å². The Hall–Kier alpha value is -2.48. The van der Waals surface area contributed by atoms with Crippen LogP contribution in [0.15, 0.2) is 30.3 Å². The third kappa shape index (κ3) is 5.90. The van der Waals surface area contributed by atoms with E-state index in [1.807, 2.05) is 6.92 Å². The van der Waals surface area contributed by atoms with E-state index in [2.05, 4.69) is 40.5 Å². The van der Waals surface area contributed by atoms with Crippen LogP contribution in [-0.2, 0) is 27.1 Å². The van der Waals surface area contributed by atoms with Gasteiger partial charge >= 0.3 is 5.97 Å². The molecule has 2 N–H and O–H groups in total. The molecule has 2 aromatic rings. The second kappa shape index (κ2) is 11.7. The number of carboxylic acid groups (broad SMARTS) is 1. The van der Waals surface area contributed by atoms with Gasteiger partial charge in [0.25, 0.3) is 0 Å². The first kappa shape index (κ1) is 25.2. The zero-order valence-electron chi connectivity index (χ0n) is 21.4. The smallest absolute Gasteiger partial charge is 0.325 e. The van der Waals surface area contributed by atoms with Gasteiger partial charge in [0.05, 0.1) is 12.7 Å². The van der Waals surface area contributed by atoms with Crippen LogP contribution in [0.25, 0.3) is 0 Å². The standard InChI is InChI=1S/C29H39N3O4/c1-20-7-10-25(22-12-16-35-19-22)26(17-20)27(29(33)34)32-14-11-24(18-32)36-15-3-2-6-23-9-8-21-5-4-13-30-28(21)31-23/h7-10,17,22,24,27H,2-6,11-16,18-19H2,1H3,(H,30,31)(H,33,34)/t22-,24-,27+/m1/s1. The lowest BCUT2D eigenvalue weighted by Gasteiger charge is -2.28. The van der Waals surface area contributed by atoms with Crippen molar-refractivity contribution in [2.45, 2.75) is 69.9 Å². The van der Waals surface area contributed by atoms with Crippen LogP contribution in [-0.4, -0.2) is 66.5 Å². The van der Waals surface area contributed by atoms with Gasteiger partial charge in [-0.25, -0.2) is 4.98 Å². The Labute approximate surface area is 214 Å². The molecule has 0 unspecified atom stereocenters. The first-order valence-corrected chi connectivity index (χ1v) is 13.6. The van der Waals surface area contributed by atoms with Gasteiger partial charge in [-0.15, -0.1) is 0 Å². The molecule has 7 heteroatoms. The predicted molar refractivity (Wildman–Crippen MR) is 140 cm³/mol. The number of aryl methyl sites for hydroxylation is 3. The molecule has 5 rings (SSSR count). The van der Waals surface area contributed by atoms with Crippen molar-refractivity contribution in [3.63, 3.8) is 0 Å². The minimum atomic E-state index is -0.784. The van der Waals surface area contributed by atoms with Gasteiger partial charge in [0.2, 0.25) is 0 Å². The highest BCUT2D eigenvalue weighted by Crippen LogP contribution is 2.36. The molecule has 4 heterocycles. The summed E-state index contributed by atoms with van der Waals surface area (Å²) < 4.78 is 11.8. The molecular formula is C29H39N3O4. The molecule has 0 bridgehead atoms. The number of aromatic nitrogens is 1. The van der Waals surface area contributed by atoms with Crippen molar-refractivity contribution in [3.05, 3.63) is 58.3 Å². The summed E-state index contributed by atoms with van der Waals surface area (Å²) in [5.74, 6) is 0.553. The fourth-order valence-corrected chi connectivity index (χ4v) is 5.86. The molecule has 0 radical (unpaired) electrons. The average Bonchev–Trinajstić information content (AvgIpc) is 3.57. The van der Waals surface area contributed by atoms with Crippen molar-refractivity contribution < 1.29 is 19.4 Å². The van der Waals surface area contributed by atoms with Crippen LogP contribution in [0, 0.1) is 6.92 Å². The normalized spacial score (nSPS) is 22.8. The van der Waals surface area contributed by atoms with Gasteiger partial charge < -0.3 is 19.9 Å². The largest absolute Gasteiger partial charge is 0.480 e. The second-order valence-corrected chi connectivity index (χ2v) is 10.5. The Balaban J connectivity index is 1.12. The minimum Gasteiger partial charge on any atom is -0.480 e. The van der Waals surface area contributed by atoms with E-state index in [1.54, 1.807) is 0 Å². The number of benzene rings is 1. The SMILES string of the molecule is Cc1ccc([C@@H]2CCOC2)c([C@@H](C(=O)O)N2CC[C@@H](OCCCCc3ccc4c(n3)NCCC4)C2)c1. The number of anilines is 1. The van der Waals surface area contributed by atoms with E-state index in [0.717, 1.165) is 86.4 Å². The van der Waals surface area contributed by atoms with Crippen LogP contribution >= 0.6 is 0 Å². The fraction of sp³-hybridized carbons (Fsp3) is 0.586. The van der Waals surface area contributed by atoms with Crippen molar-refractivity contribution in [1.82, 2.24) is 9.88 Å². The summed E-state index contributed by atoms with van der Waals surface area (Å²) in [5, 5.41) is 13.6. The van der Waals surface area contributed by atoms with Crippen LogP contribution in [0.2, 0.25) is 0 Å². The Morgan fingerprint density at radius 1 is 1.28 bits per heavy atom. The van der Waals surface area contributed by atoms with E-state index in [9.17, 15) is 9.90 Å². The number of ether oxygens (including phenoxy) is 2. The molecule has 0 saturated carbocycles. The Morgan fingerprint density at radius 3 is 3.03 bits per heavy atom. The van der Waals surface area contributed by atoms with E-state index in [1.165, 1.54) is 12.0 Å². The lowest BCUT2D eigenvalue weighted by molar-refractivity contribution is -0.143. The van der Waals surface area contributed by atoms with Gasteiger partial charge in [0.1, 0.15) is 11.9 Å². The number of pyridine rings is 1. The maximum atomic E-state index is 12.5. The highest BCUT2D eigenvalue weighted by molar-refractivity contribution is 5.76. The van der Waals surface area contributed by atoms with E-state index in [4.69, 9.17) is 14.5 Å². The maximum Gasteiger partial charge on any atom is 0.325 e. The molecular weight excluding hydrogens is 454 g/mol. The Kier molecular flexibility index (Phi) is 8.19. The molecule has 3 aliphatic rings. The first-order valence-electron chi connectivity index (χ1n) is 13.6. The van der Waals surface area contributed by atoms with Gasteiger partial charge in [-0.05, 0) is 74.6 Å². The van der Waals surface area contributed by atoms with Gasteiger partial charge in [0, 0.05) is 44.5 Å². The van der Waals surface area contributed by atoms with Crippen molar-refractivity contribution in [2.75, 3.05) is 44.8 Å². The lowest BCUT2D eigenvalue weighted by atomic mass is 9.88. The zero-order valence-corrected chi connectivity index (χ0v) is 21.4. The monoisotopic (exact) mass is 493 g/mol. The summed E-state index contributed by atoms with van der Waals surface area (Å²) in [6, 6.07) is 9.99. The molecule has 0 spiro atoms. The molecule has 2 saturated heterocycles. The molecule has 0 aliphatic carbocycles. The number of hydrogen-bond acceptors (Lipinski definition) is 6. The van der Waals surface area contributed by atoms with E-state index in [-0.39, 0.29) is 12.0 Å². The van der Waals surface area contributed by atoms with Gasteiger partial charge in [0.15, 0.2) is 0 Å². The van der Waals surface area contributed by atoms with Crippen molar-refractivity contribution in [1.29, 1.82) is 0 Å². The van der Waals surface area contributed by atoms with Crippen LogP contribution in [0.4, 0.5) is 5.82 Å². The summed E-state index contributed by atoms with van der Waals surface area (Å²) in [5.41, 5.74) is 5.61. The lowest BCUT2D eigenvalue weighted by Crippen LogP contribution is -2.34. The number of carbonyl (C=O) groups is 1. The van der Waals surface area contributed by atoms with Crippen LogP contribution in [0.3, 0.4) is 0 Å². The quantitative estimate of drug-likeness (QED) is 0.472. The van der Waals surface area contributed by atoms with Crippen molar-refractivity contribution in [2.24, 2.45) is 0 Å². The van der Waals surface area contributed by atoms with Crippen LogP contribution < -0.4 is 5.32 Å². The third-order valence-corrected chi connectivity index (χ3v) is 7.81. The third-order valence-electron chi connectivity index (χ3n) is 7.81. The van der Waals surface area contributed by atoms with Crippen LogP contribution in [0.1, 0.15) is 72.0 Å². The second-order valence-electron chi connectivity index (χ2n) is 10.5. The topological polar surface area (TPSA) is 83.9 Å². The minimum absolute atomic E-state index is 0.0843. The number of fused-ring (bicyclic) bond motifs is 1. The van der Waals surface area contributed by atoms with E-state index < -0.39 is 12.0 Å². The maximum absolute atomic E-state index is 12.5. The fourth-order valence-electron chi connectivity index (χ4n) is 5.86. The molecule has 1 aromatic carbocycles. The van der Waals surface area contributed by atoms with Crippen LogP contribution in [0.5, 0.6) is 0 Å². The molecule has 0 amide bonds. The molecule has 7 nitrogen and oxygen atoms in total. The number of hydrogen-bond donors (Lipinski definition) is 2. The number of nitrogens with one attached hydrogen (secondary N) is 1. The Bertz CT molecular complexity index is 1050. The predicted octanol–water partition coefficient (Wildman–Crippen LogP) is 4.49. The number of rotatable bonds is 10. The zero-order chi connectivity index (χ0) is 24.9. The van der Waals surface area contributed by atoms with Crippen molar-refractivity contribution >= 4 is 11.8 Å². The summed E-state index contributed by atoms with van der Waals surface area (Å²) in [4.78, 5) is 19.3. The molecule has 3 atom stereocenters. The highest BCUT2D eigenvalue weighted by Gasteiger charge is 2.36. The average molecular weight is 494 g/mol. The molecule has 36 heavy (non-hydrogen) atoms. The van der Waals surface area contributed by atoms with Gasteiger partial charge in [-0.3, -0.25) is 9.69 Å². The Morgan fingerprint density at radius 2 is 2.19 bits per heavy atom.